The number of para-hydroxylation sites is 1. The second-order valence-electron chi connectivity index (χ2n) is 7.18. The van der Waals surface area contributed by atoms with E-state index in [1.54, 1.807) is 43.3 Å². The van der Waals surface area contributed by atoms with E-state index in [1.165, 1.54) is 44.6 Å². The number of ether oxygens (including phenoxy) is 2. The fourth-order valence-corrected chi connectivity index (χ4v) is 4.75. The molecule has 1 amide bonds. The lowest BCUT2D eigenvalue weighted by Crippen LogP contribution is -2.42. The van der Waals surface area contributed by atoms with Crippen LogP contribution in [0.5, 0.6) is 11.5 Å². The summed E-state index contributed by atoms with van der Waals surface area (Å²) in [5, 5.41) is 2.76. The van der Waals surface area contributed by atoms with Crippen molar-refractivity contribution in [3.8, 4) is 11.5 Å². The number of carbonyl (C=O) groups is 1. The molecule has 174 valence electrons. The monoisotopic (exact) mass is 472 g/mol. The summed E-state index contributed by atoms with van der Waals surface area (Å²) in [6, 6.07) is 17.7. The van der Waals surface area contributed by atoms with E-state index in [0.717, 1.165) is 15.9 Å². The van der Waals surface area contributed by atoms with E-state index in [2.05, 4.69) is 5.32 Å². The Balaban J connectivity index is 1.87. The zero-order valence-electron chi connectivity index (χ0n) is 18.5. The van der Waals surface area contributed by atoms with Crippen LogP contribution in [0.3, 0.4) is 0 Å². The lowest BCUT2D eigenvalue weighted by Gasteiger charge is -2.25. The number of nitrogens with zero attached hydrogens (tertiary/aromatic N) is 1. The number of amides is 1. The van der Waals surface area contributed by atoms with Gasteiger partial charge in [-0.1, -0.05) is 36.4 Å². The van der Waals surface area contributed by atoms with Gasteiger partial charge in [0.25, 0.3) is 10.0 Å². The zero-order valence-corrected chi connectivity index (χ0v) is 19.3. The lowest BCUT2D eigenvalue weighted by molar-refractivity contribution is -0.120. The van der Waals surface area contributed by atoms with E-state index in [9.17, 15) is 17.6 Å². The Morgan fingerprint density at radius 2 is 1.61 bits per heavy atom. The first-order valence-corrected chi connectivity index (χ1v) is 11.6. The first kappa shape index (κ1) is 24.1. The smallest absolute Gasteiger partial charge is 0.264 e. The molecule has 0 heterocycles. The fourth-order valence-electron chi connectivity index (χ4n) is 3.30. The van der Waals surface area contributed by atoms with Gasteiger partial charge in [-0.3, -0.25) is 9.10 Å². The number of carbonyl (C=O) groups excluding carboxylic acids is 1. The average Bonchev–Trinajstić information content (AvgIpc) is 2.83. The van der Waals surface area contributed by atoms with Crippen LogP contribution in [0.15, 0.2) is 77.7 Å². The number of hydrogen-bond donors (Lipinski definition) is 1. The van der Waals surface area contributed by atoms with Crippen molar-refractivity contribution in [1.29, 1.82) is 0 Å². The third-order valence-corrected chi connectivity index (χ3v) is 6.80. The van der Waals surface area contributed by atoms with Crippen LogP contribution >= 0.6 is 0 Å². The molecule has 0 unspecified atom stereocenters. The predicted octanol–water partition coefficient (Wildman–Crippen LogP) is 3.92. The summed E-state index contributed by atoms with van der Waals surface area (Å²) in [5.74, 6) is -0.312. The van der Waals surface area contributed by atoms with Crippen molar-refractivity contribution in [2.45, 2.75) is 17.9 Å². The normalized spacial score (nSPS) is 12.0. The first-order valence-electron chi connectivity index (χ1n) is 10.1. The van der Waals surface area contributed by atoms with Gasteiger partial charge in [-0.05, 0) is 48.9 Å². The minimum atomic E-state index is -4.20. The van der Waals surface area contributed by atoms with Gasteiger partial charge in [-0.25, -0.2) is 12.8 Å². The summed E-state index contributed by atoms with van der Waals surface area (Å²) in [5.41, 5.74) is 0.514. The maximum absolute atomic E-state index is 14.6. The molecular weight excluding hydrogens is 447 g/mol. The highest BCUT2D eigenvalue weighted by Gasteiger charge is 2.29. The SMILES string of the molecule is COc1ccc([C@@H](C)NC(=O)CN(c2ccccc2F)S(=O)(=O)c2ccccc2)cc1OC. The number of benzene rings is 3. The number of nitrogens with one attached hydrogen (secondary N) is 1. The predicted molar refractivity (Wildman–Crippen MR) is 123 cm³/mol. The first-order chi connectivity index (χ1) is 15.8. The van der Waals surface area contributed by atoms with Gasteiger partial charge >= 0.3 is 0 Å². The number of halogens is 1. The molecule has 0 saturated heterocycles. The van der Waals surface area contributed by atoms with E-state index < -0.39 is 34.3 Å². The molecule has 0 spiro atoms. The van der Waals surface area contributed by atoms with Crippen LogP contribution in [-0.4, -0.2) is 35.1 Å². The summed E-state index contributed by atoms with van der Waals surface area (Å²) in [6.45, 7) is 1.15. The number of hydrogen-bond acceptors (Lipinski definition) is 5. The van der Waals surface area contributed by atoms with E-state index in [0.29, 0.717) is 11.5 Å². The molecule has 0 aromatic heterocycles. The molecule has 3 aromatic carbocycles. The topological polar surface area (TPSA) is 84.9 Å². The summed E-state index contributed by atoms with van der Waals surface area (Å²) in [6.07, 6.45) is 0. The van der Waals surface area contributed by atoms with Gasteiger partial charge < -0.3 is 14.8 Å². The number of methoxy groups -OCH3 is 2. The van der Waals surface area contributed by atoms with Crippen molar-refractivity contribution >= 4 is 21.6 Å². The average molecular weight is 473 g/mol. The molecule has 33 heavy (non-hydrogen) atoms. The quantitative estimate of drug-likeness (QED) is 0.510. The molecule has 9 heteroatoms. The minimum Gasteiger partial charge on any atom is -0.493 e. The summed E-state index contributed by atoms with van der Waals surface area (Å²) in [7, 11) is -1.17. The molecule has 1 N–H and O–H groups in total. The van der Waals surface area contributed by atoms with Crippen LogP contribution in [0.2, 0.25) is 0 Å². The van der Waals surface area contributed by atoms with Gasteiger partial charge in [0.15, 0.2) is 11.5 Å². The van der Waals surface area contributed by atoms with Crippen molar-refractivity contribution in [2.24, 2.45) is 0 Å². The Bertz CT molecular complexity index is 1220. The van der Waals surface area contributed by atoms with Gasteiger partial charge in [-0.2, -0.15) is 0 Å². The third-order valence-electron chi connectivity index (χ3n) is 5.02. The van der Waals surface area contributed by atoms with Crippen LogP contribution in [-0.2, 0) is 14.8 Å². The Kier molecular flexibility index (Phi) is 7.55. The standard InChI is InChI=1S/C24H25FN2O5S/c1-17(18-13-14-22(31-2)23(15-18)32-3)26-24(28)16-27(21-12-8-7-11-20(21)25)33(29,30)19-9-5-4-6-10-19/h4-15,17H,16H2,1-3H3,(H,26,28)/t17-/m1/s1. The Morgan fingerprint density at radius 1 is 0.970 bits per heavy atom. The van der Waals surface area contributed by atoms with E-state index >= 15 is 0 Å². The Hall–Kier alpha value is -3.59. The molecule has 0 radical (unpaired) electrons. The molecule has 7 nitrogen and oxygen atoms in total. The van der Waals surface area contributed by atoms with Gasteiger partial charge in [-0.15, -0.1) is 0 Å². The van der Waals surface area contributed by atoms with Gasteiger partial charge in [0.2, 0.25) is 5.91 Å². The highest BCUT2D eigenvalue weighted by Crippen LogP contribution is 2.30. The zero-order chi connectivity index (χ0) is 24.0. The minimum absolute atomic E-state index is 0.0472. The van der Waals surface area contributed by atoms with Crippen LogP contribution < -0.4 is 19.1 Å². The number of anilines is 1. The van der Waals surface area contributed by atoms with E-state index in [1.807, 2.05) is 0 Å². The van der Waals surface area contributed by atoms with Crippen molar-refractivity contribution in [2.75, 3.05) is 25.1 Å². The number of rotatable bonds is 9. The maximum atomic E-state index is 14.6. The second-order valence-corrected chi connectivity index (χ2v) is 9.04. The third kappa shape index (κ3) is 5.43. The molecule has 0 saturated carbocycles. The highest BCUT2D eigenvalue weighted by atomic mass is 32.2. The molecule has 1 atom stereocenters. The van der Waals surface area contributed by atoms with Crippen molar-refractivity contribution in [3.05, 3.63) is 84.2 Å². The summed E-state index contributed by atoms with van der Waals surface area (Å²) in [4.78, 5) is 12.8. The summed E-state index contributed by atoms with van der Waals surface area (Å²) >= 11 is 0. The second kappa shape index (κ2) is 10.4. The molecular formula is C24H25FN2O5S. The molecule has 0 fully saturated rings. The largest absolute Gasteiger partial charge is 0.493 e. The Morgan fingerprint density at radius 3 is 2.24 bits per heavy atom. The van der Waals surface area contributed by atoms with Gasteiger partial charge in [0.1, 0.15) is 12.4 Å². The van der Waals surface area contributed by atoms with Crippen molar-refractivity contribution in [1.82, 2.24) is 5.32 Å². The maximum Gasteiger partial charge on any atom is 0.264 e. The molecule has 3 rings (SSSR count). The van der Waals surface area contributed by atoms with Crippen molar-refractivity contribution < 1.29 is 27.1 Å². The van der Waals surface area contributed by atoms with Gasteiger partial charge in [0.05, 0.1) is 30.8 Å². The molecule has 0 bridgehead atoms. The van der Waals surface area contributed by atoms with Crippen LogP contribution in [0.1, 0.15) is 18.5 Å². The molecule has 0 aliphatic heterocycles. The van der Waals surface area contributed by atoms with Crippen LogP contribution in [0.25, 0.3) is 0 Å². The molecule has 0 aliphatic rings. The summed E-state index contributed by atoms with van der Waals surface area (Å²) < 4.78 is 52.4. The lowest BCUT2D eigenvalue weighted by atomic mass is 10.1. The van der Waals surface area contributed by atoms with E-state index in [4.69, 9.17) is 9.47 Å². The van der Waals surface area contributed by atoms with Gasteiger partial charge in [0, 0.05) is 0 Å². The van der Waals surface area contributed by atoms with E-state index in [-0.39, 0.29) is 10.6 Å². The van der Waals surface area contributed by atoms with Crippen molar-refractivity contribution in [3.63, 3.8) is 0 Å². The molecule has 0 aliphatic carbocycles. The van der Waals surface area contributed by atoms with Crippen LogP contribution in [0, 0.1) is 5.82 Å². The fraction of sp³-hybridized carbons (Fsp3) is 0.208. The highest BCUT2D eigenvalue weighted by molar-refractivity contribution is 7.92. The number of sulfonamides is 1. The van der Waals surface area contributed by atoms with Crippen LogP contribution in [0.4, 0.5) is 10.1 Å². The molecule has 3 aromatic rings. The Labute approximate surface area is 192 Å².